The Kier molecular flexibility index (Phi) is 6.03. The highest BCUT2D eigenvalue weighted by Gasteiger charge is 2.16. The Hall–Kier alpha value is -1.06. The van der Waals surface area contributed by atoms with E-state index in [1.165, 1.54) is 11.1 Å². The van der Waals surface area contributed by atoms with Crippen LogP contribution in [-0.2, 0) is 12.0 Å². The van der Waals surface area contributed by atoms with E-state index >= 15 is 0 Å². The summed E-state index contributed by atoms with van der Waals surface area (Å²) in [6.07, 6.45) is 0. The highest BCUT2D eigenvalue weighted by atomic mass is 16.5. The summed E-state index contributed by atoms with van der Waals surface area (Å²) in [6, 6.07) is 6.54. The van der Waals surface area contributed by atoms with Gasteiger partial charge in [0.15, 0.2) is 0 Å². The first-order valence-corrected chi connectivity index (χ1v) is 7.24. The molecule has 3 nitrogen and oxygen atoms in total. The lowest BCUT2D eigenvalue weighted by Crippen LogP contribution is -2.28. The average molecular weight is 278 g/mol. The Bertz CT molecular complexity index is 421. The molecule has 3 heteroatoms. The Morgan fingerprint density at radius 3 is 2.20 bits per heavy atom. The molecule has 0 bridgehead atoms. The zero-order chi connectivity index (χ0) is 15.3. The normalized spacial score (nSPS) is 12.2. The van der Waals surface area contributed by atoms with Gasteiger partial charge in [0, 0.05) is 25.2 Å². The van der Waals surface area contributed by atoms with Crippen molar-refractivity contribution in [1.82, 2.24) is 9.80 Å². The molecule has 0 heterocycles. The van der Waals surface area contributed by atoms with Gasteiger partial charge in [-0.3, -0.25) is 0 Å². The summed E-state index contributed by atoms with van der Waals surface area (Å²) >= 11 is 0. The van der Waals surface area contributed by atoms with Gasteiger partial charge in [-0.1, -0.05) is 32.9 Å². The van der Waals surface area contributed by atoms with Crippen LogP contribution in [0.3, 0.4) is 0 Å². The van der Waals surface area contributed by atoms with Crippen molar-refractivity contribution < 1.29 is 4.74 Å². The molecule has 0 spiro atoms. The topological polar surface area (TPSA) is 15.7 Å². The first kappa shape index (κ1) is 17.0. The molecule has 0 aliphatic rings. The van der Waals surface area contributed by atoms with Gasteiger partial charge in [0.2, 0.25) is 0 Å². The zero-order valence-corrected chi connectivity index (χ0v) is 14.2. The van der Waals surface area contributed by atoms with Crippen molar-refractivity contribution in [3.05, 3.63) is 29.3 Å². The molecule has 1 aromatic rings. The fraction of sp³-hybridized carbons (Fsp3) is 0.647. The van der Waals surface area contributed by atoms with Gasteiger partial charge in [-0.2, -0.15) is 0 Å². The molecule has 0 unspecified atom stereocenters. The SMILES string of the molecule is COc1ccc(C(C)(C)C)cc1CN(C)CCN(C)C. The van der Waals surface area contributed by atoms with Crippen LogP contribution in [0.25, 0.3) is 0 Å². The lowest BCUT2D eigenvalue weighted by Gasteiger charge is -2.24. The number of benzene rings is 1. The lowest BCUT2D eigenvalue weighted by molar-refractivity contribution is 0.272. The smallest absolute Gasteiger partial charge is 0.123 e. The average Bonchev–Trinajstić information content (AvgIpc) is 2.35. The van der Waals surface area contributed by atoms with Crippen molar-refractivity contribution in [2.75, 3.05) is 41.3 Å². The third-order valence-electron chi connectivity index (χ3n) is 3.52. The fourth-order valence-electron chi connectivity index (χ4n) is 2.11. The van der Waals surface area contributed by atoms with Gasteiger partial charge in [0.25, 0.3) is 0 Å². The zero-order valence-electron chi connectivity index (χ0n) is 14.2. The van der Waals surface area contributed by atoms with Crippen LogP contribution in [0.5, 0.6) is 5.75 Å². The minimum atomic E-state index is 0.170. The van der Waals surface area contributed by atoms with Crippen molar-refractivity contribution in [3.8, 4) is 5.75 Å². The van der Waals surface area contributed by atoms with Gasteiger partial charge in [-0.15, -0.1) is 0 Å². The summed E-state index contributed by atoms with van der Waals surface area (Å²) in [4.78, 5) is 4.55. The summed E-state index contributed by atoms with van der Waals surface area (Å²) in [5.74, 6) is 0.981. The number of rotatable bonds is 6. The predicted octanol–water partition coefficient (Wildman–Crippen LogP) is 2.99. The second kappa shape index (κ2) is 7.09. The van der Waals surface area contributed by atoms with Gasteiger partial charge in [0.05, 0.1) is 7.11 Å². The maximum atomic E-state index is 5.50. The van der Waals surface area contributed by atoms with Crippen molar-refractivity contribution in [1.29, 1.82) is 0 Å². The molecule has 0 fully saturated rings. The molecule has 1 rings (SSSR count). The van der Waals surface area contributed by atoms with Crippen LogP contribution in [0.1, 0.15) is 31.9 Å². The van der Waals surface area contributed by atoms with Gasteiger partial charge in [0.1, 0.15) is 5.75 Å². The molecule has 0 aliphatic heterocycles. The van der Waals surface area contributed by atoms with Crippen LogP contribution in [0.15, 0.2) is 18.2 Å². The van der Waals surface area contributed by atoms with Crippen LogP contribution in [0.4, 0.5) is 0 Å². The van der Waals surface area contributed by atoms with E-state index in [0.29, 0.717) is 0 Å². The van der Waals surface area contributed by atoms with E-state index in [4.69, 9.17) is 4.74 Å². The van der Waals surface area contributed by atoms with Gasteiger partial charge >= 0.3 is 0 Å². The number of hydrogen-bond acceptors (Lipinski definition) is 3. The second-order valence-corrected chi connectivity index (χ2v) is 6.82. The molecular formula is C17H30N2O. The Balaban J connectivity index is 2.86. The van der Waals surface area contributed by atoms with E-state index in [1.54, 1.807) is 7.11 Å². The minimum Gasteiger partial charge on any atom is -0.496 e. The Labute approximate surface area is 124 Å². The maximum Gasteiger partial charge on any atom is 0.123 e. The lowest BCUT2D eigenvalue weighted by atomic mass is 9.86. The quantitative estimate of drug-likeness (QED) is 0.795. The summed E-state index contributed by atoms with van der Waals surface area (Å²) in [6.45, 7) is 9.77. The van der Waals surface area contributed by atoms with E-state index in [2.05, 4.69) is 69.9 Å². The molecule has 0 radical (unpaired) electrons. The molecule has 0 saturated heterocycles. The third-order valence-corrected chi connectivity index (χ3v) is 3.52. The van der Waals surface area contributed by atoms with Crippen LogP contribution in [0.2, 0.25) is 0 Å². The number of nitrogens with zero attached hydrogens (tertiary/aromatic N) is 2. The number of methoxy groups -OCH3 is 1. The van der Waals surface area contributed by atoms with Crippen molar-refractivity contribution in [2.24, 2.45) is 0 Å². The monoisotopic (exact) mass is 278 g/mol. The molecule has 0 aromatic heterocycles. The van der Waals surface area contributed by atoms with Crippen LogP contribution >= 0.6 is 0 Å². The second-order valence-electron chi connectivity index (χ2n) is 6.82. The Morgan fingerprint density at radius 2 is 1.70 bits per heavy atom. The summed E-state index contributed by atoms with van der Waals surface area (Å²) in [5, 5.41) is 0. The first-order chi connectivity index (χ1) is 9.24. The molecule has 1 aromatic carbocycles. The maximum absolute atomic E-state index is 5.50. The predicted molar refractivity (Wildman–Crippen MR) is 86.6 cm³/mol. The van der Waals surface area contributed by atoms with Crippen LogP contribution in [-0.4, -0.2) is 51.1 Å². The van der Waals surface area contributed by atoms with E-state index in [9.17, 15) is 0 Å². The van der Waals surface area contributed by atoms with E-state index in [1.807, 2.05) is 0 Å². The highest BCUT2D eigenvalue weighted by Crippen LogP contribution is 2.28. The standard InChI is InChI=1S/C17H30N2O/c1-17(2,3)15-8-9-16(20-7)14(12-15)13-19(6)11-10-18(4)5/h8-9,12H,10-11,13H2,1-7H3. The minimum absolute atomic E-state index is 0.170. The summed E-state index contributed by atoms with van der Waals surface area (Å²) < 4.78 is 5.50. The Morgan fingerprint density at radius 1 is 1.05 bits per heavy atom. The van der Waals surface area contributed by atoms with Gasteiger partial charge < -0.3 is 14.5 Å². The number of ether oxygens (including phenoxy) is 1. The molecule has 0 aliphatic carbocycles. The highest BCUT2D eigenvalue weighted by molar-refractivity contribution is 5.39. The number of hydrogen-bond donors (Lipinski definition) is 0. The molecule has 0 N–H and O–H groups in total. The summed E-state index contributed by atoms with van der Waals surface area (Å²) in [5.41, 5.74) is 2.79. The molecule has 0 saturated carbocycles. The van der Waals surface area contributed by atoms with Crippen molar-refractivity contribution in [2.45, 2.75) is 32.7 Å². The molecular weight excluding hydrogens is 248 g/mol. The summed E-state index contributed by atoms with van der Waals surface area (Å²) in [7, 11) is 8.12. The molecule has 0 amide bonds. The van der Waals surface area contributed by atoms with Gasteiger partial charge in [-0.25, -0.2) is 0 Å². The van der Waals surface area contributed by atoms with E-state index in [0.717, 1.165) is 25.4 Å². The van der Waals surface area contributed by atoms with Crippen LogP contribution in [0, 0.1) is 0 Å². The van der Waals surface area contributed by atoms with E-state index < -0.39 is 0 Å². The van der Waals surface area contributed by atoms with Gasteiger partial charge in [-0.05, 0) is 38.2 Å². The molecule has 0 atom stereocenters. The largest absolute Gasteiger partial charge is 0.496 e. The number of likely N-dealkylation sites (N-methyl/N-ethyl adjacent to an activating group) is 2. The molecule has 114 valence electrons. The third kappa shape index (κ3) is 5.14. The van der Waals surface area contributed by atoms with Crippen LogP contribution < -0.4 is 4.74 Å². The van der Waals surface area contributed by atoms with Crippen molar-refractivity contribution >= 4 is 0 Å². The van der Waals surface area contributed by atoms with Crippen molar-refractivity contribution in [3.63, 3.8) is 0 Å². The first-order valence-electron chi connectivity index (χ1n) is 7.24. The van der Waals surface area contributed by atoms with E-state index in [-0.39, 0.29) is 5.41 Å². The fourth-order valence-corrected chi connectivity index (χ4v) is 2.11. The molecule has 20 heavy (non-hydrogen) atoms.